The van der Waals surface area contributed by atoms with Crippen LogP contribution in [0.3, 0.4) is 0 Å². The summed E-state index contributed by atoms with van der Waals surface area (Å²) in [6.45, 7) is 5.88. The fourth-order valence-electron chi connectivity index (χ4n) is 2.04. The number of amides is 1. The maximum atomic E-state index is 12.1. The highest BCUT2D eigenvalue weighted by Crippen LogP contribution is 2.21. The molecule has 0 aromatic carbocycles. The van der Waals surface area contributed by atoms with Crippen molar-refractivity contribution in [3.05, 3.63) is 21.4 Å². The Morgan fingerprint density at radius 3 is 2.72 bits per heavy atom. The highest BCUT2D eigenvalue weighted by Gasteiger charge is 2.35. The molecule has 1 aliphatic rings. The molecule has 2 rings (SSSR count). The summed E-state index contributed by atoms with van der Waals surface area (Å²) in [4.78, 5) is 14.6. The summed E-state index contributed by atoms with van der Waals surface area (Å²) in [5.74, 6) is -0.0606. The van der Waals surface area contributed by atoms with E-state index in [0.29, 0.717) is 32.6 Å². The molecule has 0 unspecified atom stereocenters. The normalized spacial score (nSPS) is 18.6. The molecule has 1 aliphatic heterocycles. The number of aryl methyl sites for hydroxylation is 2. The van der Waals surface area contributed by atoms with Crippen LogP contribution in [-0.2, 0) is 16.1 Å². The third-order valence-corrected chi connectivity index (χ3v) is 4.63. The van der Waals surface area contributed by atoms with Crippen LogP contribution >= 0.6 is 11.3 Å². The smallest absolute Gasteiger partial charge is 0.240 e. The van der Waals surface area contributed by atoms with Crippen LogP contribution in [0.4, 0.5) is 0 Å². The zero-order valence-corrected chi connectivity index (χ0v) is 11.7. The molecule has 1 amide bonds. The van der Waals surface area contributed by atoms with Crippen LogP contribution in [0.5, 0.6) is 0 Å². The number of nitrogens with two attached hydrogens (primary N) is 1. The lowest BCUT2D eigenvalue weighted by molar-refractivity contribution is -0.129. The highest BCUT2D eigenvalue weighted by molar-refractivity contribution is 7.12. The fourth-order valence-corrected chi connectivity index (χ4v) is 3.04. The van der Waals surface area contributed by atoms with E-state index in [1.807, 2.05) is 0 Å². The Bertz CT molecular complexity index is 417. The van der Waals surface area contributed by atoms with Crippen molar-refractivity contribution in [2.75, 3.05) is 13.2 Å². The van der Waals surface area contributed by atoms with Gasteiger partial charge >= 0.3 is 0 Å². The standard InChI is InChI=1S/C13H20N2O2S/c1-9-7-11(18-10(9)2)8-15-12(16)13(14)3-5-17-6-4-13/h7H,3-6,8,14H2,1-2H3,(H,15,16). The van der Waals surface area contributed by atoms with Gasteiger partial charge in [-0.2, -0.15) is 0 Å². The van der Waals surface area contributed by atoms with Gasteiger partial charge in [0.15, 0.2) is 0 Å². The van der Waals surface area contributed by atoms with Gasteiger partial charge in [0.1, 0.15) is 0 Å². The second-order valence-electron chi connectivity index (χ2n) is 4.90. The molecule has 5 heteroatoms. The molecule has 0 aliphatic carbocycles. The topological polar surface area (TPSA) is 64.4 Å². The fraction of sp³-hybridized carbons (Fsp3) is 0.615. The highest BCUT2D eigenvalue weighted by atomic mass is 32.1. The van der Waals surface area contributed by atoms with Crippen molar-refractivity contribution in [1.82, 2.24) is 5.32 Å². The van der Waals surface area contributed by atoms with Crippen LogP contribution in [0, 0.1) is 13.8 Å². The number of hydrogen-bond donors (Lipinski definition) is 2. The van der Waals surface area contributed by atoms with Gasteiger partial charge < -0.3 is 15.8 Å². The maximum absolute atomic E-state index is 12.1. The number of rotatable bonds is 3. The minimum Gasteiger partial charge on any atom is -0.381 e. The summed E-state index contributed by atoms with van der Waals surface area (Å²) < 4.78 is 5.24. The Morgan fingerprint density at radius 2 is 2.17 bits per heavy atom. The van der Waals surface area contributed by atoms with Crippen LogP contribution in [0.25, 0.3) is 0 Å². The molecule has 0 saturated carbocycles. The Hall–Kier alpha value is -0.910. The summed E-state index contributed by atoms with van der Waals surface area (Å²) in [6, 6.07) is 2.12. The molecule has 4 nitrogen and oxygen atoms in total. The third-order valence-electron chi connectivity index (χ3n) is 3.48. The van der Waals surface area contributed by atoms with Crippen molar-refractivity contribution in [2.45, 2.75) is 38.8 Å². The average Bonchev–Trinajstić information content (AvgIpc) is 2.67. The number of hydrogen-bond acceptors (Lipinski definition) is 4. The van der Waals surface area contributed by atoms with Crippen molar-refractivity contribution < 1.29 is 9.53 Å². The summed E-state index contributed by atoms with van der Waals surface area (Å²) in [6.07, 6.45) is 1.20. The number of carbonyl (C=O) groups excluding carboxylic acids is 1. The molecule has 0 bridgehead atoms. The van der Waals surface area contributed by atoms with Gasteiger partial charge in [-0.25, -0.2) is 0 Å². The van der Waals surface area contributed by atoms with Crippen LogP contribution in [-0.4, -0.2) is 24.7 Å². The van der Waals surface area contributed by atoms with Gasteiger partial charge in [-0.1, -0.05) is 0 Å². The van der Waals surface area contributed by atoms with Crippen molar-refractivity contribution in [3.8, 4) is 0 Å². The molecular formula is C13H20N2O2S. The largest absolute Gasteiger partial charge is 0.381 e. The molecule has 100 valence electrons. The van der Waals surface area contributed by atoms with Gasteiger partial charge in [0.2, 0.25) is 5.91 Å². The maximum Gasteiger partial charge on any atom is 0.240 e. The SMILES string of the molecule is Cc1cc(CNC(=O)C2(N)CCOCC2)sc1C. The van der Waals surface area contributed by atoms with Crippen molar-refractivity contribution in [1.29, 1.82) is 0 Å². The van der Waals surface area contributed by atoms with E-state index in [1.165, 1.54) is 15.3 Å². The minimum atomic E-state index is -0.750. The van der Waals surface area contributed by atoms with Crippen LogP contribution in [0.2, 0.25) is 0 Å². The Kier molecular flexibility index (Phi) is 4.04. The molecule has 1 fully saturated rings. The number of ether oxygens (including phenoxy) is 1. The van der Waals surface area contributed by atoms with Gasteiger partial charge in [-0.3, -0.25) is 4.79 Å². The lowest BCUT2D eigenvalue weighted by Crippen LogP contribution is -2.56. The second-order valence-corrected chi connectivity index (χ2v) is 6.24. The van der Waals surface area contributed by atoms with Gasteiger partial charge in [-0.15, -0.1) is 11.3 Å². The summed E-state index contributed by atoms with van der Waals surface area (Å²) in [5.41, 5.74) is 6.64. The quantitative estimate of drug-likeness (QED) is 0.873. The van der Waals surface area contributed by atoms with E-state index in [1.54, 1.807) is 11.3 Å². The third kappa shape index (κ3) is 2.91. The van der Waals surface area contributed by atoms with E-state index in [2.05, 4.69) is 25.2 Å². The number of thiophene rings is 1. The molecule has 3 N–H and O–H groups in total. The Balaban J connectivity index is 1.91. The van der Waals surface area contributed by atoms with Crippen molar-refractivity contribution in [2.24, 2.45) is 5.73 Å². The predicted molar refractivity (Wildman–Crippen MR) is 72.6 cm³/mol. The Morgan fingerprint density at radius 1 is 1.50 bits per heavy atom. The first kappa shape index (κ1) is 13.5. The van der Waals surface area contributed by atoms with Gasteiger partial charge in [0, 0.05) is 23.0 Å². The monoisotopic (exact) mass is 268 g/mol. The summed E-state index contributed by atoms with van der Waals surface area (Å²) >= 11 is 1.72. The zero-order chi connectivity index (χ0) is 13.2. The van der Waals surface area contributed by atoms with Crippen molar-refractivity contribution in [3.63, 3.8) is 0 Å². The van der Waals surface area contributed by atoms with Crippen LogP contribution in [0.15, 0.2) is 6.07 Å². The predicted octanol–water partition coefficient (Wildman–Crippen LogP) is 1.49. The van der Waals surface area contributed by atoms with E-state index in [-0.39, 0.29) is 5.91 Å². The van der Waals surface area contributed by atoms with E-state index in [4.69, 9.17) is 10.5 Å². The summed E-state index contributed by atoms with van der Waals surface area (Å²) in [7, 11) is 0. The molecule has 1 aromatic rings. The lowest BCUT2D eigenvalue weighted by Gasteiger charge is -2.31. The number of carbonyl (C=O) groups is 1. The molecule has 0 radical (unpaired) electrons. The first-order valence-corrected chi connectivity index (χ1v) is 7.04. The molecule has 0 atom stereocenters. The first-order valence-electron chi connectivity index (χ1n) is 6.22. The van der Waals surface area contributed by atoms with E-state index >= 15 is 0 Å². The van der Waals surface area contributed by atoms with Gasteiger partial charge in [0.05, 0.1) is 12.1 Å². The van der Waals surface area contributed by atoms with Crippen LogP contribution in [0.1, 0.15) is 28.2 Å². The number of nitrogens with one attached hydrogen (secondary N) is 1. The van der Waals surface area contributed by atoms with Crippen molar-refractivity contribution >= 4 is 17.2 Å². The second kappa shape index (κ2) is 5.38. The molecule has 1 saturated heterocycles. The lowest BCUT2D eigenvalue weighted by atomic mass is 9.90. The molecular weight excluding hydrogens is 248 g/mol. The molecule has 0 spiro atoms. The Labute approximate surface area is 112 Å². The first-order chi connectivity index (χ1) is 8.51. The van der Waals surface area contributed by atoms with E-state index in [9.17, 15) is 4.79 Å². The molecule has 1 aromatic heterocycles. The minimum absolute atomic E-state index is 0.0606. The zero-order valence-electron chi connectivity index (χ0n) is 10.9. The average molecular weight is 268 g/mol. The molecule has 2 heterocycles. The van der Waals surface area contributed by atoms with E-state index in [0.717, 1.165) is 0 Å². The van der Waals surface area contributed by atoms with Gasteiger partial charge in [0.25, 0.3) is 0 Å². The molecule has 18 heavy (non-hydrogen) atoms. The van der Waals surface area contributed by atoms with Gasteiger partial charge in [-0.05, 0) is 38.3 Å². The van der Waals surface area contributed by atoms with Crippen LogP contribution < -0.4 is 11.1 Å². The summed E-state index contributed by atoms with van der Waals surface area (Å²) in [5, 5.41) is 2.94. The van der Waals surface area contributed by atoms with E-state index < -0.39 is 5.54 Å².